The van der Waals surface area contributed by atoms with Crippen molar-refractivity contribution in [2.75, 3.05) is 33.2 Å². The lowest BCUT2D eigenvalue weighted by atomic mass is 10.0. The zero-order chi connectivity index (χ0) is 98.7. The quantitative estimate of drug-likeness (QED) is 0.0175. The Kier molecular flexibility index (Phi) is 40.6. The van der Waals surface area contributed by atoms with Crippen molar-refractivity contribution in [3.63, 3.8) is 0 Å². The Balaban J connectivity index is 0.000000164. The van der Waals surface area contributed by atoms with Gasteiger partial charge in [0, 0.05) is 76.2 Å². The molecule has 0 bridgehead atoms. The average molecular weight is 2040 g/mol. The zero-order valence-corrected chi connectivity index (χ0v) is 83.5. The van der Waals surface area contributed by atoms with E-state index in [0.717, 1.165) is 135 Å². The maximum Gasteiger partial charge on any atom is 0.248 e. The summed E-state index contributed by atoms with van der Waals surface area (Å²) < 4.78 is 41.2. The van der Waals surface area contributed by atoms with Gasteiger partial charge in [-0.25, -0.2) is 38.1 Å². The number of nitrogens with one attached hydrogen (secondary N) is 6. The highest BCUT2D eigenvalue weighted by atomic mass is 35.5. The third kappa shape index (κ3) is 29.4. The molecule has 0 saturated heterocycles. The number of nitrogens with two attached hydrogens (primary N) is 3. The second-order valence-electron chi connectivity index (χ2n) is 32.4. The average Bonchev–Trinajstić information content (AvgIpc) is 1.68. The Hall–Kier alpha value is -10.4. The van der Waals surface area contributed by atoms with Crippen LogP contribution >= 0.6 is 103 Å². The van der Waals surface area contributed by atoms with E-state index in [1.54, 1.807) is 49.5 Å². The first-order valence-corrected chi connectivity index (χ1v) is 49.8. The van der Waals surface area contributed by atoms with Crippen molar-refractivity contribution >= 4 is 160 Å². The molecular weight excluding hydrogens is 1930 g/mol. The minimum absolute atomic E-state index is 0.0320. The number of hydrogen-bond acceptors (Lipinski definition) is 24. The van der Waals surface area contributed by atoms with Crippen LogP contribution in [0.3, 0.4) is 0 Å². The molecule has 0 radical (unpaired) electrons. The highest BCUT2D eigenvalue weighted by Gasteiger charge is 2.31. The second-order valence-corrected chi connectivity index (χ2v) is 39.7. The van der Waals surface area contributed by atoms with Crippen LogP contribution in [0, 0.1) is 52.1 Å². The van der Waals surface area contributed by atoms with E-state index in [-0.39, 0.29) is 109 Å². The summed E-state index contributed by atoms with van der Waals surface area (Å²) in [4.78, 5) is 89.9. The Morgan fingerprint density at radius 2 is 0.657 bits per heavy atom. The lowest BCUT2D eigenvalue weighted by Crippen LogP contribution is -2.31. The number of carbonyl (C=O) groups excluding carboxylic acids is 5. The van der Waals surface area contributed by atoms with Crippen molar-refractivity contribution in [3.05, 3.63) is 341 Å². The molecule has 0 saturated carbocycles. The van der Waals surface area contributed by atoms with Gasteiger partial charge in [-0.05, 0) is 216 Å². The monoisotopic (exact) mass is 2030 g/mol. The van der Waals surface area contributed by atoms with E-state index < -0.39 is 11.6 Å². The van der Waals surface area contributed by atoms with E-state index in [0.29, 0.717) is 126 Å². The van der Waals surface area contributed by atoms with Crippen molar-refractivity contribution in [3.8, 4) is 0 Å². The van der Waals surface area contributed by atoms with Crippen LogP contribution in [-0.2, 0) is 57.0 Å². The molecular formula is C101H109Cl4F3N14O10S5. The Morgan fingerprint density at radius 3 is 0.920 bits per heavy atom. The molecule has 137 heavy (non-hydrogen) atoms. The molecule has 5 aliphatic rings. The molecule has 5 atom stereocenters. The van der Waals surface area contributed by atoms with Crippen molar-refractivity contribution in [1.29, 1.82) is 0 Å². The van der Waals surface area contributed by atoms with Crippen LogP contribution in [-0.4, -0.2) is 113 Å². The largest absolute Gasteiger partial charge is 0.391 e. The minimum Gasteiger partial charge on any atom is -0.391 e. The van der Waals surface area contributed by atoms with E-state index in [1.807, 2.05) is 139 Å². The minimum atomic E-state index is -0.486. The van der Waals surface area contributed by atoms with Gasteiger partial charge in [-0.15, -0.1) is 56.7 Å². The molecule has 5 amide bonds. The van der Waals surface area contributed by atoms with E-state index in [4.69, 9.17) is 68.7 Å². The number of benzene rings is 5. The Labute approximate surface area is 834 Å². The summed E-state index contributed by atoms with van der Waals surface area (Å²) in [6.45, 7) is 12.8. The van der Waals surface area contributed by atoms with E-state index in [9.17, 15) is 57.6 Å². The molecule has 5 aliphatic carbocycles. The van der Waals surface area contributed by atoms with Crippen LogP contribution in [0.25, 0.3) is 27.9 Å². The van der Waals surface area contributed by atoms with Gasteiger partial charge in [0.2, 0.25) is 29.5 Å². The summed E-state index contributed by atoms with van der Waals surface area (Å²) in [5, 5.41) is 70.4. The van der Waals surface area contributed by atoms with Crippen LogP contribution in [0.2, 0.25) is 20.1 Å². The van der Waals surface area contributed by atoms with E-state index >= 15 is 0 Å². The summed E-state index contributed by atoms with van der Waals surface area (Å²) in [7, 11) is 1.88. The molecule has 0 aliphatic heterocycles. The number of aryl methyl sites for hydroxylation is 5. The van der Waals surface area contributed by atoms with Gasteiger partial charge in [-0.3, -0.25) is 24.0 Å². The van der Waals surface area contributed by atoms with E-state index in [2.05, 4.69) is 56.8 Å². The lowest BCUT2D eigenvalue weighted by Gasteiger charge is -2.17. The summed E-state index contributed by atoms with van der Waals surface area (Å²) in [5.41, 5.74) is 33.3. The maximum absolute atomic E-state index is 13.8. The van der Waals surface area contributed by atoms with Gasteiger partial charge in [0.05, 0.1) is 120 Å². The van der Waals surface area contributed by atoms with Crippen LogP contribution in [0.1, 0.15) is 207 Å². The summed E-state index contributed by atoms with van der Waals surface area (Å²) in [6, 6.07) is 28.3. The fourth-order valence-electron chi connectivity index (χ4n) is 14.9. The van der Waals surface area contributed by atoms with Gasteiger partial charge in [-0.1, -0.05) is 163 Å². The zero-order valence-electron chi connectivity index (χ0n) is 76.4. The number of allylic oxidation sites excluding steroid dienone is 15. The number of hydrogen-bond donors (Lipinski definition) is 14. The van der Waals surface area contributed by atoms with Gasteiger partial charge in [0.25, 0.3) is 0 Å². The third-order valence-electron chi connectivity index (χ3n) is 22.8. The number of nitrogens with zero attached hydrogens (tertiary/aromatic N) is 5. The molecule has 0 spiro atoms. The van der Waals surface area contributed by atoms with E-state index in [1.165, 1.54) is 87.0 Å². The number of carbonyl (C=O) groups is 5. The van der Waals surface area contributed by atoms with Gasteiger partial charge >= 0.3 is 0 Å². The molecule has 0 fully saturated rings. The van der Waals surface area contributed by atoms with Crippen molar-refractivity contribution in [2.45, 2.75) is 169 Å². The van der Waals surface area contributed by atoms with Gasteiger partial charge in [0.15, 0.2) is 0 Å². The number of amides is 5. The second kappa shape index (κ2) is 52.0. The number of thiazole rings is 5. The Morgan fingerprint density at radius 1 is 0.372 bits per heavy atom. The number of aromatic nitrogens is 5. The first-order valence-electron chi connectivity index (χ1n) is 44.2. The SMILES string of the molecule is CCC(NC(=O)C1=CC=C(c2ccc(Cl)c(F)c2)C1)c1ncc(CO)s1.CNCCC(NC(=O)C1=CC=C(c2ccc(Cl)cc2)C1)c1nc(C)c(CO)s1.Cc1ccc(C2=CC=C(C(=O)NC(CCN)c3nc(C)c(CO)s3)C2)cc1F.Cc1nc(C(CCN)NC(=O)C2=CC=C(c3ccc(Cl)c(F)c3)C2)sc1CO.Cc1nc(C(CCN)NC(=O)C2=CC=C(c3ccc(Cl)cc3)C2)sc1CO. The van der Waals surface area contributed by atoms with Crippen LogP contribution in [0.5, 0.6) is 0 Å². The van der Waals surface area contributed by atoms with Crippen LogP contribution in [0.4, 0.5) is 13.2 Å². The molecule has 5 unspecified atom stereocenters. The van der Waals surface area contributed by atoms with Crippen molar-refractivity contribution < 1.29 is 62.7 Å². The molecule has 5 heterocycles. The summed E-state index contributed by atoms with van der Waals surface area (Å²) >= 11 is 30.4. The smallest absolute Gasteiger partial charge is 0.248 e. The van der Waals surface area contributed by atoms with Gasteiger partial charge in [0.1, 0.15) is 42.5 Å². The molecule has 5 aromatic carbocycles. The normalized spacial score (nSPS) is 14.6. The molecule has 722 valence electrons. The number of aliphatic hydroxyl groups is 5. The molecule has 17 N–H and O–H groups in total. The predicted octanol–water partition coefficient (Wildman–Crippen LogP) is 18.7. The topological polar surface area (TPSA) is 401 Å². The first-order chi connectivity index (χ1) is 65.9. The highest BCUT2D eigenvalue weighted by Crippen LogP contribution is 2.39. The van der Waals surface area contributed by atoms with Gasteiger partial charge < -0.3 is 74.6 Å². The number of aliphatic hydroxyl groups excluding tert-OH is 5. The standard InChI is InChI=1S/C21H24ClN3O2S.C21H24FN3O2S.C20H21ClFN3O2S.C20H22ClN3O2S.C19H18ClFN2O2S/c1-13-19(12-26)28-21(24-13)18(9-10-23-2)25-20(27)16-4-3-15(11-16)14-5-7-17(22)8-6-14;1-12-3-4-15(10-17(12)22)14-5-6-16(9-14)20(27)25-18(7-8-23)21-24-13(2)19(11-26)28-21;1-11-18(10-26)28-20(24-11)17(6-7-23)25-19(27)14-3-2-12(8-14)13-4-5-15(21)16(22)9-13;1-12-18(11-25)27-20(23-12)17(8-9-22)24-19(26)15-3-2-14(10-15)13-4-6-16(21)7-5-13;1-2-17(19-22-9-14(10-24)26-19)23-18(25)13-4-3-11(7-13)12-5-6-15(20)16(21)8-12/h3-8,18,23,26H,9-12H2,1-2H3,(H,25,27);3-6,10,18,26H,7-9,11,23H2,1-2H3,(H,25,27);2-5,9,17,26H,6-8,10,23H2,1H3,(H,25,27);2-7,17,25H,8-11,22H2,1H3,(H,24,26);3-6,8-9,17,24H,2,7,10H2,1H3,(H,23,25). The van der Waals surface area contributed by atoms with Crippen molar-refractivity contribution in [2.24, 2.45) is 17.2 Å². The summed E-state index contributed by atoms with van der Waals surface area (Å²) in [6.07, 6.45) is 25.6. The molecule has 10 aromatic rings. The maximum atomic E-state index is 13.8. The van der Waals surface area contributed by atoms with Gasteiger partial charge in [-0.2, -0.15) is 0 Å². The third-order valence-corrected chi connectivity index (χ3v) is 30.0. The lowest BCUT2D eigenvalue weighted by molar-refractivity contribution is -0.119. The summed E-state index contributed by atoms with van der Waals surface area (Å²) in [5.74, 6) is -1.98. The fraction of sp³-hybridized carbons (Fsp3) is 0.307. The Bertz CT molecular complexity index is 6180. The molecule has 15 rings (SSSR count). The van der Waals surface area contributed by atoms with Crippen molar-refractivity contribution in [1.82, 2.24) is 56.8 Å². The number of rotatable bonds is 35. The highest BCUT2D eigenvalue weighted by molar-refractivity contribution is 7.13. The first kappa shape index (κ1) is 107. The fourth-order valence-corrected chi connectivity index (χ4v) is 20.3. The van der Waals surface area contributed by atoms with Crippen LogP contribution in [0.15, 0.2) is 198 Å². The molecule has 5 aromatic heterocycles. The predicted molar refractivity (Wildman–Crippen MR) is 544 cm³/mol. The molecule has 36 heteroatoms. The number of halogens is 7. The molecule has 24 nitrogen and oxygen atoms in total. The van der Waals surface area contributed by atoms with Crippen LogP contribution < -0.4 is 49.1 Å².